The van der Waals surface area contributed by atoms with Gasteiger partial charge in [0.1, 0.15) is 0 Å². The van der Waals surface area contributed by atoms with Crippen LogP contribution < -0.4 is 9.46 Å². The molecule has 0 saturated heterocycles. The number of aliphatic hydroxyl groups is 1. The molecule has 10 heteroatoms. The fraction of sp³-hybridized carbons (Fsp3) is 0.333. The average molecular weight is 498 g/mol. The minimum absolute atomic E-state index is 0.0644. The molecule has 3 aromatic carbocycles. The maximum absolute atomic E-state index is 14.5. The second kappa shape index (κ2) is 7.93. The number of halogens is 4. The van der Waals surface area contributed by atoms with Crippen molar-refractivity contribution < 1.29 is 35.8 Å². The summed E-state index contributed by atoms with van der Waals surface area (Å²) < 4.78 is 91.5. The second-order valence-electron chi connectivity index (χ2n) is 9.06. The number of fused-ring (bicyclic) bond motifs is 2. The van der Waals surface area contributed by atoms with Crippen LogP contribution in [-0.4, -0.2) is 32.4 Å². The minimum atomic E-state index is -5.20. The van der Waals surface area contributed by atoms with Crippen LogP contribution >= 0.6 is 0 Å². The number of hydrogen-bond acceptors (Lipinski definition) is 4. The number of nitrogens with one attached hydrogen (secondary N) is 1. The Bertz CT molecular complexity index is 1370. The second-order valence-corrected chi connectivity index (χ2v) is 10.7. The molecule has 3 aromatic rings. The third kappa shape index (κ3) is 3.73. The first-order valence-corrected chi connectivity index (χ1v) is 11.9. The molecule has 0 unspecified atom stereocenters. The minimum Gasteiger partial charge on any atom is -0.493 e. The van der Waals surface area contributed by atoms with E-state index in [1.54, 1.807) is 24.3 Å². The zero-order chi connectivity index (χ0) is 25.1. The molecule has 0 spiro atoms. The van der Waals surface area contributed by atoms with Crippen molar-refractivity contribution in [3.05, 3.63) is 71.5 Å². The molecule has 2 N–H and O–H groups in total. The number of rotatable bonds is 4. The SMILES string of the molecule is COc1c(F)ccc2c1C(C)(C)C[C@](O)(C(F)(F)F)[C@H]2NS(=O)(=O)c1cccc2ccccc12. The molecule has 1 aliphatic rings. The molecule has 0 radical (unpaired) electrons. The number of methoxy groups -OCH3 is 1. The van der Waals surface area contributed by atoms with E-state index in [0.717, 1.165) is 12.1 Å². The van der Waals surface area contributed by atoms with E-state index in [0.29, 0.717) is 10.8 Å². The van der Waals surface area contributed by atoms with Crippen molar-refractivity contribution in [3.63, 3.8) is 0 Å². The lowest BCUT2D eigenvalue weighted by atomic mass is 9.63. The van der Waals surface area contributed by atoms with Crippen LogP contribution in [-0.2, 0) is 15.4 Å². The number of benzene rings is 3. The summed E-state index contributed by atoms with van der Waals surface area (Å²) in [4.78, 5) is -0.240. The first-order chi connectivity index (χ1) is 15.7. The van der Waals surface area contributed by atoms with Gasteiger partial charge in [0.2, 0.25) is 10.0 Å². The zero-order valence-electron chi connectivity index (χ0n) is 18.6. The Hall–Kier alpha value is -2.69. The van der Waals surface area contributed by atoms with E-state index in [2.05, 4.69) is 4.72 Å². The van der Waals surface area contributed by atoms with Gasteiger partial charge in [0.15, 0.2) is 17.2 Å². The van der Waals surface area contributed by atoms with Gasteiger partial charge in [-0.2, -0.15) is 13.2 Å². The molecule has 182 valence electrons. The molecular formula is C24H23F4NO4S. The van der Waals surface area contributed by atoms with Gasteiger partial charge in [0.05, 0.1) is 18.0 Å². The molecule has 0 bridgehead atoms. The molecular weight excluding hydrogens is 474 g/mol. The van der Waals surface area contributed by atoms with E-state index >= 15 is 0 Å². The first kappa shape index (κ1) is 24.4. The van der Waals surface area contributed by atoms with E-state index in [-0.39, 0.29) is 21.8 Å². The van der Waals surface area contributed by atoms with E-state index < -0.39 is 45.5 Å². The third-order valence-corrected chi connectivity index (χ3v) is 7.81. The van der Waals surface area contributed by atoms with E-state index in [1.807, 2.05) is 0 Å². The summed E-state index contributed by atoms with van der Waals surface area (Å²) in [6.45, 7) is 2.83. The van der Waals surface area contributed by atoms with E-state index in [4.69, 9.17) is 4.74 Å². The van der Waals surface area contributed by atoms with Crippen molar-refractivity contribution in [3.8, 4) is 5.75 Å². The molecule has 0 heterocycles. The van der Waals surface area contributed by atoms with E-state index in [1.165, 1.54) is 39.2 Å². The quantitative estimate of drug-likeness (QED) is 0.499. The van der Waals surface area contributed by atoms with Crippen molar-refractivity contribution in [2.24, 2.45) is 0 Å². The van der Waals surface area contributed by atoms with Gasteiger partial charge in [-0.3, -0.25) is 0 Å². The van der Waals surface area contributed by atoms with Gasteiger partial charge in [0.25, 0.3) is 0 Å². The summed E-state index contributed by atoms with van der Waals surface area (Å²) >= 11 is 0. The van der Waals surface area contributed by atoms with Gasteiger partial charge in [-0.15, -0.1) is 0 Å². The highest BCUT2D eigenvalue weighted by molar-refractivity contribution is 7.89. The van der Waals surface area contributed by atoms with Crippen LogP contribution in [0.5, 0.6) is 5.75 Å². The molecule has 0 saturated carbocycles. The van der Waals surface area contributed by atoms with Crippen LogP contribution in [0.25, 0.3) is 10.8 Å². The standard InChI is InChI=1S/C24H23F4NO4S/c1-22(2)13-23(30,24(26,27)28)21(16-11-12-17(25)20(33-3)19(16)22)29-34(31,32)18-10-6-8-14-7-4-5-9-15(14)18/h4-12,21,29-30H,13H2,1-3H3/t21-,23+/m0/s1. The lowest BCUT2D eigenvalue weighted by Gasteiger charge is -2.48. The summed E-state index contributed by atoms with van der Waals surface area (Å²) in [5, 5.41) is 11.9. The molecule has 4 rings (SSSR count). The van der Waals surface area contributed by atoms with Crippen molar-refractivity contribution in [1.29, 1.82) is 0 Å². The predicted molar refractivity (Wildman–Crippen MR) is 119 cm³/mol. The summed E-state index contributed by atoms with van der Waals surface area (Å²) in [5.41, 5.74) is -5.01. The molecule has 2 atom stereocenters. The number of alkyl halides is 3. The van der Waals surface area contributed by atoms with Gasteiger partial charge in [0, 0.05) is 10.9 Å². The van der Waals surface area contributed by atoms with Crippen LogP contribution in [0.3, 0.4) is 0 Å². The molecule has 5 nitrogen and oxygen atoms in total. The van der Waals surface area contributed by atoms with Gasteiger partial charge in [-0.05, 0) is 34.9 Å². The third-order valence-electron chi connectivity index (χ3n) is 6.33. The Morgan fingerprint density at radius 2 is 1.71 bits per heavy atom. The Morgan fingerprint density at radius 3 is 2.35 bits per heavy atom. The monoisotopic (exact) mass is 497 g/mol. The van der Waals surface area contributed by atoms with Crippen molar-refractivity contribution in [1.82, 2.24) is 4.72 Å². The van der Waals surface area contributed by atoms with E-state index in [9.17, 15) is 31.1 Å². The normalized spacial score (nSPS) is 22.4. The van der Waals surface area contributed by atoms with Crippen LogP contribution in [0, 0.1) is 5.82 Å². The Balaban J connectivity index is 1.96. The fourth-order valence-electron chi connectivity index (χ4n) is 4.91. The molecule has 1 aliphatic carbocycles. The van der Waals surface area contributed by atoms with Crippen LogP contribution in [0.2, 0.25) is 0 Å². The maximum atomic E-state index is 14.5. The topological polar surface area (TPSA) is 75.6 Å². The highest BCUT2D eigenvalue weighted by Gasteiger charge is 2.65. The van der Waals surface area contributed by atoms with Crippen LogP contribution in [0.15, 0.2) is 59.5 Å². The lowest BCUT2D eigenvalue weighted by Crippen LogP contribution is -2.60. The predicted octanol–water partition coefficient (Wildman–Crippen LogP) is 4.98. The maximum Gasteiger partial charge on any atom is 0.419 e. The van der Waals surface area contributed by atoms with Crippen molar-refractivity contribution >= 4 is 20.8 Å². The van der Waals surface area contributed by atoms with Crippen molar-refractivity contribution in [2.45, 2.75) is 48.4 Å². The van der Waals surface area contributed by atoms with Crippen LogP contribution in [0.4, 0.5) is 17.6 Å². The Morgan fingerprint density at radius 1 is 1.06 bits per heavy atom. The van der Waals surface area contributed by atoms with Crippen molar-refractivity contribution in [2.75, 3.05) is 7.11 Å². The molecule has 34 heavy (non-hydrogen) atoms. The summed E-state index contributed by atoms with van der Waals surface area (Å²) in [6, 6.07) is 10.8. The molecule has 0 aliphatic heterocycles. The molecule has 0 aromatic heterocycles. The fourth-order valence-corrected chi connectivity index (χ4v) is 6.40. The summed E-state index contributed by atoms with van der Waals surface area (Å²) in [7, 11) is -3.40. The average Bonchev–Trinajstić information content (AvgIpc) is 2.75. The summed E-state index contributed by atoms with van der Waals surface area (Å²) in [6.07, 6.45) is -6.12. The van der Waals surface area contributed by atoms with Gasteiger partial charge >= 0.3 is 6.18 Å². The summed E-state index contributed by atoms with van der Waals surface area (Å²) in [5.74, 6) is -1.09. The number of sulfonamides is 1. The molecule has 0 fully saturated rings. The van der Waals surface area contributed by atoms with Crippen LogP contribution in [0.1, 0.15) is 37.4 Å². The molecule has 0 amide bonds. The highest BCUT2D eigenvalue weighted by Crippen LogP contribution is 2.56. The highest BCUT2D eigenvalue weighted by atomic mass is 32.2. The van der Waals surface area contributed by atoms with Gasteiger partial charge in [-0.1, -0.05) is 56.3 Å². The number of ether oxygens (including phenoxy) is 1. The smallest absolute Gasteiger partial charge is 0.419 e. The van der Waals surface area contributed by atoms with Gasteiger partial charge < -0.3 is 9.84 Å². The van der Waals surface area contributed by atoms with Gasteiger partial charge in [-0.25, -0.2) is 17.5 Å². The lowest BCUT2D eigenvalue weighted by molar-refractivity contribution is -0.279. The first-order valence-electron chi connectivity index (χ1n) is 10.4. The zero-order valence-corrected chi connectivity index (χ0v) is 19.4. The largest absolute Gasteiger partial charge is 0.493 e. The Kier molecular flexibility index (Phi) is 5.70. The number of hydrogen-bond donors (Lipinski definition) is 2. The Labute approximate surface area is 194 Å².